The Morgan fingerprint density at radius 2 is 2.22 bits per heavy atom. The smallest absolute Gasteiger partial charge is 0.111 e. The van der Waals surface area contributed by atoms with Crippen molar-refractivity contribution in [1.82, 2.24) is 25.9 Å². The summed E-state index contributed by atoms with van der Waals surface area (Å²) in [6, 6.07) is 3.97. The van der Waals surface area contributed by atoms with Crippen LogP contribution in [0.4, 0.5) is 0 Å². The zero-order chi connectivity index (χ0) is 13.2. The van der Waals surface area contributed by atoms with Crippen molar-refractivity contribution < 1.29 is 0 Å². The lowest BCUT2D eigenvalue weighted by atomic mass is 10.1. The fourth-order valence-electron chi connectivity index (χ4n) is 2.00. The monoisotopic (exact) mass is 269 g/mol. The minimum atomic E-state index is -0.106. The summed E-state index contributed by atoms with van der Waals surface area (Å²) in [5, 5.41) is 13.5. The van der Waals surface area contributed by atoms with Crippen LogP contribution in [0.3, 0.4) is 0 Å². The fraction of sp³-hybridized carbons (Fsp3) is 0.667. The van der Waals surface area contributed by atoms with E-state index in [9.17, 15) is 0 Å². The van der Waals surface area contributed by atoms with Gasteiger partial charge in [0.2, 0.25) is 0 Å². The molecule has 0 spiro atoms. The lowest BCUT2D eigenvalue weighted by Gasteiger charge is -2.42. The maximum atomic E-state index is 6.39. The molecule has 1 saturated heterocycles. The van der Waals surface area contributed by atoms with Crippen molar-refractivity contribution in [2.45, 2.75) is 37.9 Å². The zero-order valence-electron chi connectivity index (χ0n) is 11.0. The van der Waals surface area contributed by atoms with Crippen molar-refractivity contribution in [3.05, 3.63) is 24.0 Å². The van der Waals surface area contributed by atoms with Crippen LogP contribution in [0.2, 0.25) is 0 Å². The second-order valence-corrected chi connectivity index (χ2v) is 6.03. The molecule has 0 radical (unpaired) electrons. The van der Waals surface area contributed by atoms with Gasteiger partial charge in [-0.15, -0.1) is 11.6 Å². The molecule has 5 nitrogen and oxygen atoms in total. The van der Waals surface area contributed by atoms with Crippen LogP contribution in [-0.4, -0.2) is 39.3 Å². The summed E-state index contributed by atoms with van der Waals surface area (Å²) < 4.78 is 0. The Labute approximate surface area is 113 Å². The van der Waals surface area contributed by atoms with Crippen molar-refractivity contribution in [3.63, 3.8) is 0 Å². The number of nitrogens with zero attached hydrogens (tertiary/aromatic N) is 3. The second kappa shape index (κ2) is 5.48. The van der Waals surface area contributed by atoms with Gasteiger partial charge in [0, 0.05) is 24.8 Å². The molecule has 1 fully saturated rings. The first-order valence-electron chi connectivity index (χ1n) is 6.16. The summed E-state index contributed by atoms with van der Waals surface area (Å²) in [6.07, 6.45) is 1.68. The molecule has 0 amide bonds. The number of hydrogen-bond donors (Lipinski definition) is 2. The third-order valence-electron chi connectivity index (χ3n) is 2.69. The zero-order valence-corrected chi connectivity index (χ0v) is 11.8. The quantitative estimate of drug-likeness (QED) is 0.626. The second-order valence-electron chi connectivity index (χ2n) is 5.53. The van der Waals surface area contributed by atoms with Crippen LogP contribution in [-0.2, 0) is 0 Å². The number of alkyl halides is 1. The predicted molar refractivity (Wildman–Crippen MR) is 72.0 cm³/mol. The van der Waals surface area contributed by atoms with Crippen LogP contribution in [0.15, 0.2) is 18.3 Å². The van der Waals surface area contributed by atoms with Gasteiger partial charge in [0.15, 0.2) is 0 Å². The van der Waals surface area contributed by atoms with Gasteiger partial charge in [-0.1, -0.05) is 0 Å². The molecule has 0 aromatic carbocycles. The first-order valence-corrected chi connectivity index (χ1v) is 6.59. The summed E-state index contributed by atoms with van der Waals surface area (Å²) in [4.78, 5) is 0. The average Bonchev–Trinajstić information content (AvgIpc) is 2.31. The third kappa shape index (κ3) is 3.38. The highest BCUT2D eigenvalue weighted by Gasteiger charge is 2.33. The molecule has 2 N–H and O–H groups in total. The normalized spacial score (nSPS) is 26.2. The summed E-state index contributed by atoms with van der Waals surface area (Å²) >= 11 is 6.39. The van der Waals surface area contributed by atoms with Crippen LogP contribution in [0, 0.1) is 0 Å². The van der Waals surface area contributed by atoms with Gasteiger partial charge in [0.1, 0.15) is 5.50 Å². The van der Waals surface area contributed by atoms with E-state index < -0.39 is 0 Å². The van der Waals surface area contributed by atoms with Crippen LogP contribution >= 0.6 is 11.6 Å². The summed E-state index contributed by atoms with van der Waals surface area (Å²) in [5.41, 5.74) is 4.23. The van der Waals surface area contributed by atoms with Gasteiger partial charge in [-0.25, -0.2) is 10.4 Å². The molecule has 2 rings (SSSR count). The molecular weight excluding hydrogens is 250 g/mol. The van der Waals surface area contributed by atoms with Crippen molar-refractivity contribution in [1.29, 1.82) is 0 Å². The lowest BCUT2D eigenvalue weighted by molar-refractivity contribution is 0.0370. The molecule has 2 unspecified atom stereocenters. The molecule has 100 valence electrons. The Kier molecular flexibility index (Phi) is 4.17. The molecule has 0 saturated carbocycles. The van der Waals surface area contributed by atoms with E-state index in [0.29, 0.717) is 0 Å². The van der Waals surface area contributed by atoms with E-state index in [4.69, 9.17) is 11.6 Å². The van der Waals surface area contributed by atoms with Crippen molar-refractivity contribution in [2.75, 3.05) is 13.1 Å². The first kappa shape index (κ1) is 13.7. The van der Waals surface area contributed by atoms with E-state index in [-0.39, 0.29) is 17.1 Å². The minimum Gasteiger partial charge on any atom is -0.312 e. The molecule has 2 atom stereocenters. The Bertz CT molecular complexity index is 378. The fourth-order valence-corrected chi connectivity index (χ4v) is 2.30. The molecule has 1 aromatic heterocycles. The van der Waals surface area contributed by atoms with E-state index in [1.54, 1.807) is 6.20 Å². The number of halogens is 1. The largest absolute Gasteiger partial charge is 0.312 e. The van der Waals surface area contributed by atoms with Gasteiger partial charge in [0.25, 0.3) is 0 Å². The van der Waals surface area contributed by atoms with Gasteiger partial charge < -0.3 is 5.32 Å². The molecule has 18 heavy (non-hydrogen) atoms. The van der Waals surface area contributed by atoms with E-state index in [1.807, 2.05) is 12.1 Å². The SMILES string of the molecule is CC(C)(C)NN1C(Cl)CNCC1c1cccnn1. The third-order valence-corrected chi connectivity index (χ3v) is 3.05. The molecule has 1 aromatic rings. The van der Waals surface area contributed by atoms with Crippen LogP contribution in [0.1, 0.15) is 32.5 Å². The van der Waals surface area contributed by atoms with Gasteiger partial charge in [-0.05, 0) is 32.9 Å². The van der Waals surface area contributed by atoms with E-state index in [1.165, 1.54) is 0 Å². The summed E-state index contributed by atoms with van der Waals surface area (Å²) in [5.74, 6) is 0. The lowest BCUT2D eigenvalue weighted by Crippen LogP contribution is -2.60. The standard InChI is InChI=1S/C12H20ClN5/c1-12(2,3)17-18-10(7-14-8-11(18)13)9-5-4-6-15-16-9/h4-6,10-11,14,17H,7-8H2,1-3H3. The van der Waals surface area contributed by atoms with Crippen molar-refractivity contribution >= 4 is 11.6 Å². The molecule has 1 aliphatic rings. The average molecular weight is 270 g/mol. The number of aromatic nitrogens is 2. The number of nitrogens with one attached hydrogen (secondary N) is 2. The van der Waals surface area contributed by atoms with Gasteiger partial charge in [-0.3, -0.25) is 0 Å². The predicted octanol–water partition coefficient (Wildman–Crippen LogP) is 1.29. The van der Waals surface area contributed by atoms with Crippen molar-refractivity contribution in [2.24, 2.45) is 0 Å². The van der Waals surface area contributed by atoms with E-state index in [0.717, 1.165) is 18.8 Å². The Morgan fingerprint density at radius 1 is 1.44 bits per heavy atom. The first-order chi connectivity index (χ1) is 8.47. The molecule has 0 aliphatic carbocycles. The Balaban J connectivity index is 2.20. The van der Waals surface area contributed by atoms with Crippen LogP contribution in [0.5, 0.6) is 0 Å². The minimum absolute atomic E-state index is 0.0368. The summed E-state index contributed by atoms with van der Waals surface area (Å²) in [7, 11) is 0. The Morgan fingerprint density at radius 3 is 2.83 bits per heavy atom. The van der Waals surface area contributed by atoms with Crippen molar-refractivity contribution in [3.8, 4) is 0 Å². The Hall–Kier alpha value is -0.750. The number of rotatable bonds is 2. The van der Waals surface area contributed by atoms with Gasteiger partial charge in [-0.2, -0.15) is 10.2 Å². The van der Waals surface area contributed by atoms with Crippen LogP contribution in [0.25, 0.3) is 0 Å². The number of piperazine rings is 1. The number of hydrazine groups is 1. The van der Waals surface area contributed by atoms with Crippen LogP contribution < -0.4 is 10.7 Å². The molecule has 6 heteroatoms. The highest BCUT2D eigenvalue weighted by atomic mass is 35.5. The highest BCUT2D eigenvalue weighted by molar-refractivity contribution is 6.20. The molecule has 2 heterocycles. The summed E-state index contributed by atoms with van der Waals surface area (Å²) in [6.45, 7) is 7.91. The van der Waals surface area contributed by atoms with E-state index in [2.05, 4.69) is 46.7 Å². The molecule has 1 aliphatic heterocycles. The van der Waals surface area contributed by atoms with Gasteiger partial charge in [0.05, 0.1) is 11.7 Å². The van der Waals surface area contributed by atoms with Gasteiger partial charge >= 0.3 is 0 Å². The maximum Gasteiger partial charge on any atom is 0.111 e. The maximum absolute atomic E-state index is 6.39. The topological polar surface area (TPSA) is 53.1 Å². The number of hydrogen-bond acceptors (Lipinski definition) is 5. The molecular formula is C12H20ClN5. The molecule has 0 bridgehead atoms. The van der Waals surface area contributed by atoms with E-state index >= 15 is 0 Å². The highest BCUT2D eigenvalue weighted by Crippen LogP contribution is 2.24.